The number of ketones is 1. The highest BCUT2D eigenvalue weighted by molar-refractivity contribution is 5.94. The van der Waals surface area contributed by atoms with E-state index in [-0.39, 0.29) is 5.78 Å². The predicted molar refractivity (Wildman–Crippen MR) is 69.5 cm³/mol. The molecule has 0 aliphatic carbocycles. The molecule has 0 amide bonds. The smallest absolute Gasteiger partial charge is 0.182 e. The Hall–Kier alpha value is -1.23. The summed E-state index contributed by atoms with van der Waals surface area (Å²) >= 11 is 0. The van der Waals surface area contributed by atoms with Crippen molar-refractivity contribution in [2.75, 3.05) is 13.1 Å². The number of aryl methyl sites for hydroxylation is 1. The van der Waals surface area contributed by atoms with Crippen molar-refractivity contribution >= 4 is 5.78 Å². The molecule has 0 atom stereocenters. The second kappa shape index (κ2) is 6.64. The normalized spacial score (nSPS) is 16.9. The Labute approximate surface area is 108 Å². The van der Waals surface area contributed by atoms with E-state index in [1.165, 1.54) is 12.8 Å². The van der Waals surface area contributed by atoms with Crippen molar-refractivity contribution in [2.45, 2.75) is 45.6 Å². The van der Waals surface area contributed by atoms with Gasteiger partial charge in [0.25, 0.3) is 0 Å². The lowest BCUT2D eigenvalue weighted by atomic mass is 9.92. The Balaban J connectivity index is 1.84. The first-order chi connectivity index (χ1) is 8.81. The summed E-state index contributed by atoms with van der Waals surface area (Å²) in [6.45, 7) is 5.03. The molecule has 1 aromatic rings. The number of Topliss-reactive ketones (excluding diaryl/α,β-unsaturated/α-hetero) is 1. The summed E-state index contributed by atoms with van der Waals surface area (Å²) in [6.07, 6.45) is 6.58. The number of carbonyl (C=O) groups is 1. The second-order valence-corrected chi connectivity index (χ2v) is 5.00. The standard InChI is InChI=1S/C13H22N4O/c1-2-9-17-12(10-15-16-17)13(18)4-3-11-5-7-14-8-6-11/h10-11,14H,2-9H2,1H3. The third-order valence-corrected chi connectivity index (χ3v) is 3.58. The van der Waals surface area contributed by atoms with Crippen molar-refractivity contribution in [2.24, 2.45) is 5.92 Å². The van der Waals surface area contributed by atoms with Crippen LogP contribution in [0.2, 0.25) is 0 Å². The van der Waals surface area contributed by atoms with Crippen LogP contribution in [0.1, 0.15) is 49.5 Å². The molecule has 2 heterocycles. The molecule has 1 aromatic heterocycles. The van der Waals surface area contributed by atoms with Gasteiger partial charge in [0.2, 0.25) is 0 Å². The Bertz CT molecular complexity index is 382. The molecule has 100 valence electrons. The minimum absolute atomic E-state index is 0.187. The second-order valence-electron chi connectivity index (χ2n) is 5.00. The van der Waals surface area contributed by atoms with Crippen LogP contribution in [-0.4, -0.2) is 33.9 Å². The summed E-state index contributed by atoms with van der Waals surface area (Å²) in [7, 11) is 0. The first kappa shape index (κ1) is 13.2. The van der Waals surface area contributed by atoms with Crippen molar-refractivity contribution in [3.05, 3.63) is 11.9 Å². The Morgan fingerprint density at radius 3 is 3.00 bits per heavy atom. The lowest BCUT2D eigenvalue weighted by molar-refractivity contribution is 0.0960. The van der Waals surface area contributed by atoms with Crippen molar-refractivity contribution < 1.29 is 4.79 Å². The molecule has 1 fully saturated rings. The fourth-order valence-corrected chi connectivity index (χ4v) is 2.48. The van der Waals surface area contributed by atoms with Crippen LogP contribution in [0.3, 0.4) is 0 Å². The fourth-order valence-electron chi connectivity index (χ4n) is 2.48. The number of carbonyl (C=O) groups excluding carboxylic acids is 1. The van der Waals surface area contributed by atoms with Gasteiger partial charge in [-0.1, -0.05) is 12.1 Å². The summed E-state index contributed by atoms with van der Waals surface area (Å²) in [5.41, 5.74) is 0.672. The summed E-state index contributed by atoms with van der Waals surface area (Å²) in [6, 6.07) is 0. The van der Waals surface area contributed by atoms with Gasteiger partial charge in [-0.05, 0) is 44.7 Å². The van der Waals surface area contributed by atoms with Crippen LogP contribution in [0.25, 0.3) is 0 Å². The Morgan fingerprint density at radius 2 is 2.28 bits per heavy atom. The van der Waals surface area contributed by atoms with Crippen molar-refractivity contribution in [1.29, 1.82) is 0 Å². The van der Waals surface area contributed by atoms with Gasteiger partial charge in [0, 0.05) is 13.0 Å². The van der Waals surface area contributed by atoms with Crippen molar-refractivity contribution in [3.8, 4) is 0 Å². The minimum atomic E-state index is 0.187. The van der Waals surface area contributed by atoms with E-state index in [0.717, 1.165) is 32.5 Å². The number of piperidine rings is 1. The van der Waals surface area contributed by atoms with Crippen LogP contribution in [-0.2, 0) is 6.54 Å². The quantitative estimate of drug-likeness (QED) is 0.780. The molecule has 0 aromatic carbocycles. The molecule has 5 nitrogen and oxygen atoms in total. The van der Waals surface area contributed by atoms with E-state index < -0.39 is 0 Å². The van der Waals surface area contributed by atoms with Crippen LogP contribution >= 0.6 is 0 Å². The predicted octanol–water partition coefficient (Wildman–Crippen LogP) is 1.65. The highest BCUT2D eigenvalue weighted by atomic mass is 16.1. The average Bonchev–Trinajstić information content (AvgIpc) is 2.86. The summed E-state index contributed by atoms with van der Waals surface area (Å²) < 4.78 is 1.73. The maximum absolute atomic E-state index is 12.1. The number of hydrogen-bond acceptors (Lipinski definition) is 4. The zero-order chi connectivity index (χ0) is 12.8. The highest BCUT2D eigenvalue weighted by Crippen LogP contribution is 2.19. The van der Waals surface area contributed by atoms with Gasteiger partial charge in [-0.2, -0.15) is 0 Å². The molecule has 2 rings (SSSR count). The molecule has 18 heavy (non-hydrogen) atoms. The average molecular weight is 250 g/mol. The monoisotopic (exact) mass is 250 g/mol. The molecular formula is C13H22N4O. The van der Waals surface area contributed by atoms with E-state index in [0.29, 0.717) is 18.0 Å². The maximum atomic E-state index is 12.1. The van der Waals surface area contributed by atoms with E-state index >= 15 is 0 Å². The number of hydrogen-bond donors (Lipinski definition) is 1. The molecule has 1 aliphatic heterocycles. The van der Waals surface area contributed by atoms with Gasteiger partial charge in [0.1, 0.15) is 5.69 Å². The van der Waals surface area contributed by atoms with E-state index in [4.69, 9.17) is 0 Å². The fraction of sp³-hybridized carbons (Fsp3) is 0.769. The molecular weight excluding hydrogens is 228 g/mol. The largest absolute Gasteiger partial charge is 0.317 e. The molecule has 0 spiro atoms. The van der Waals surface area contributed by atoms with E-state index in [1.807, 2.05) is 0 Å². The first-order valence-electron chi connectivity index (χ1n) is 6.93. The minimum Gasteiger partial charge on any atom is -0.317 e. The Kier molecular flexibility index (Phi) is 4.87. The van der Waals surface area contributed by atoms with Crippen LogP contribution in [0.4, 0.5) is 0 Å². The third kappa shape index (κ3) is 3.38. The van der Waals surface area contributed by atoms with Gasteiger partial charge in [0.15, 0.2) is 5.78 Å². The number of nitrogens with zero attached hydrogens (tertiary/aromatic N) is 3. The first-order valence-corrected chi connectivity index (χ1v) is 6.93. The van der Waals surface area contributed by atoms with Crippen molar-refractivity contribution in [3.63, 3.8) is 0 Å². The van der Waals surface area contributed by atoms with Crippen LogP contribution in [0.15, 0.2) is 6.20 Å². The van der Waals surface area contributed by atoms with Crippen LogP contribution in [0.5, 0.6) is 0 Å². The van der Waals surface area contributed by atoms with E-state index in [9.17, 15) is 4.79 Å². The number of nitrogens with one attached hydrogen (secondary N) is 1. The van der Waals surface area contributed by atoms with Gasteiger partial charge in [-0.25, -0.2) is 4.68 Å². The lowest BCUT2D eigenvalue weighted by Crippen LogP contribution is -2.28. The van der Waals surface area contributed by atoms with E-state index in [1.54, 1.807) is 10.9 Å². The van der Waals surface area contributed by atoms with Gasteiger partial charge < -0.3 is 5.32 Å². The zero-order valence-electron chi connectivity index (χ0n) is 11.1. The van der Waals surface area contributed by atoms with Gasteiger partial charge in [-0.3, -0.25) is 4.79 Å². The van der Waals surface area contributed by atoms with Gasteiger partial charge in [-0.15, -0.1) is 5.10 Å². The number of rotatable bonds is 6. The van der Waals surface area contributed by atoms with Crippen LogP contribution < -0.4 is 5.32 Å². The molecule has 0 bridgehead atoms. The molecule has 1 aliphatic rings. The summed E-state index contributed by atoms with van der Waals surface area (Å²) in [5, 5.41) is 11.1. The number of aromatic nitrogens is 3. The topological polar surface area (TPSA) is 59.8 Å². The molecule has 1 saturated heterocycles. The van der Waals surface area contributed by atoms with Gasteiger partial charge in [0.05, 0.1) is 6.20 Å². The van der Waals surface area contributed by atoms with Gasteiger partial charge >= 0.3 is 0 Å². The van der Waals surface area contributed by atoms with E-state index in [2.05, 4.69) is 22.6 Å². The summed E-state index contributed by atoms with van der Waals surface area (Å²) in [4.78, 5) is 12.1. The summed E-state index contributed by atoms with van der Waals surface area (Å²) in [5.74, 6) is 0.887. The highest BCUT2D eigenvalue weighted by Gasteiger charge is 2.17. The third-order valence-electron chi connectivity index (χ3n) is 3.58. The SMILES string of the molecule is CCCn1nncc1C(=O)CCC1CCNCC1. The molecule has 1 N–H and O–H groups in total. The lowest BCUT2D eigenvalue weighted by Gasteiger charge is -2.22. The molecule has 0 unspecified atom stereocenters. The molecule has 0 radical (unpaired) electrons. The van der Waals surface area contributed by atoms with Crippen LogP contribution in [0, 0.1) is 5.92 Å². The molecule has 0 saturated carbocycles. The molecule has 5 heteroatoms. The maximum Gasteiger partial charge on any atom is 0.182 e. The van der Waals surface area contributed by atoms with Crippen molar-refractivity contribution in [1.82, 2.24) is 20.3 Å². The Morgan fingerprint density at radius 1 is 1.50 bits per heavy atom. The zero-order valence-corrected chi connectivity index (χ0v) is 11.1.